The molecule has 1 fully saturated rings. The van der Waals surface area contributed by atoms with Crippen LogP contribution in [0.3, 0.4) is 0 Å². The molecule has 1 unspecified atom stereocenters. The lowest BCUT2D eigenvalue weighted by molar-refractivity contribution is 0.140. The summed E-state index contributed by atoms with van der Waals surface area (Å²) in [6, 6.07) is 12.2. The number of ether oxygens (including phenoxy) is 4. The summed E-state index contributed by atoms with van der Waals surface area (Å²) in [6.07, 6.45) is 2.00. The highest BCUT2D eigenvalue weighted by atomic mass is 16.5. The van der Waals surface area contributed by atoms with Crippen molar-refractivity contribution in [2.24, 2.45) is 4.99 Å². The molecule has 0 aromatic heterocycles. The molecule has 2 aromatic carbocycles. The maximum Gasteiger partial charge on any atom is 0.191 e. The molecule has 3 rings (SSSR count). The van der Waals surface area contributed by atoms with Crippen molar-refractivity contribution < 1.29 is 18.9 Å². The van der Waals surface area contributed by atoms with E-state index in [2.05, 4.69) is 47.7 Å². The maximum atomic E-state index is 6.20. The molecule has 2 aromatic rings. The van der Waals surface area contributed by atoms with Crippen molar-refractivity contribution in [2.75, 3.05) is 34.0 Å². The Hall–Kier alpha value is -2.93. The molecule has 0 amide bonds. The SMILES string of the molecule is CCCOc1ccc(CNC(=NC)NCc2ccc(C)cc2OC2CCOC2)cc1OC. The standard InChI is InChI=1S/C25H35N3O4/c1-5-11-31-22-9-7-19(14-24(22)29-4)15-27-25(26-3)28-16-20-8-6-18(2)13-23(20)32-21-10-12-30-17-21/h6-9,13-14,21H,5,10-12,15-17H2,1-4H3,(H2,26,27,28). The summed E-state index contributed by atoms with van der Waals surface area (Å²) >= 11 is 0. The average molecular weight is 442 g/mol. The maximum absolute atomic E-state index is 6.20. The largest absolute Gasteiger partial charge is 0.493 e. The van der Waals surface area contributed by atoms with Crippen LogP contribution in [0.5, 0.6) is 17.2 Å². The molecule has 174 valence electrons. The first-order valence-electron chi connectivity index (χ1n) is 11.2. The van der Waals surface area contributed by atoms with E-state index >= 15 is 0 Å². The lowest BCUT2D eigenvalue weighted by Gasteiger charge is -2.18. The Bertz CT molecular complexity index is 895. The van der Waals surface area contributed by atoms with Gasteiger partial charge in [-0.05, 0) is 42.7 Å². The van der Waals surface area contributed by atoms with Crippen LogP contribution in [0.2, 0.25) is 0 Å². The summed E-state index contributed by atoms with van der Waals surface area (Å²) in [5, 5.41) is 6.74. The number of benzene rings is 2. The van der Waals surface area contributed by atoms with E-state index < -0.39 is 0 Å². The Labute approximate surface area is 191 Å². The Morgan fingerprint density at radius 1 is 1.09 bits per heavy atom. The number of guanidine groups is 1. The average Bonchev–Trinajstić information content (AvgIpc) is 3.32. The summed E-state index contributed by atoms with van der Waals surface area (Å²) in [5.74, 6) is 3.11. The van der Waals surface area contributed by atoms with Gasteiger partial charge in [0.25, 0.3) is 0 Å². The fourth-order valence-corrected chi connectivity index (χ4v) is 3.44. The molecule has 1 heterocycles. The molecule has 32 heavy (non-hydrogen) atoms. The van der Waals surface area contributed by atoms with Crippen molar-refractivity contribution in [3.63, 3.8) is 0 Å². The van der Waals surface area contributed by atoms with Crippen molar-refractivity contribution in [3.05, 3.63) is 53.1 Å². The van der Waals surface area contributed by atoms with Gasteiger partial charge in [-0.15, -0.1) is 0 Å². The van der Waals surface area contributed by atoms with E-state index in [0.29, 0.717) is 32.3 Å². The van der Waals surface area contributed by atoms with Gasteiger partial charge in [-0.3, -0.25) is 4.99 Å². The van der Waals surface area contributed by atoms with E-state index in [1.807, 2.05) is 18.2 Å². The van der Waals surface area contributed by atoms with Crippen molar-refractivity contribution in [1.82, 2.24) is 10.6 Å². The Balaban J connectivity index is 1.57. The van der Waals surface area contributed by atoms with Gasteiger partial charge < -0.3 is 29.6 Å². The van der Waals surface area contributed by atoms with Crippen LogP contribution in [0.1, 0.15) is 36.5 Å². The van der Waals surface area contributed by atoms with Crippen LogP contribution in [-0.2, 0) is 17.8 Å². The highest BCUT2D eigenvalue weighted by molar-refractivity contribution is 5.79. The van der Waals surface area contributed by atoms with E-state index in [0.717, 1.165) is 47.8 Å². The van der Waals surface area contributed by atoms with Gasteiger partial charge in [0.15, 0.2) is 17.5 Å². The molecule has 2 N–H and O–H groups in total. The summed E-state index contributed by atoms with van der Waals surface area (Å²) in [5.41, 5.74) is 3.34. The van der Waals surface area contributed by atoms with Crippen LogP contribution in [0.4, 0.5) is 0 Å². The summed E-state index contributed by atoms with van der Waals surface area (Å²) in [6.45, 7) is 7.45. The topological polar surface area (TPSA) is 73.3 Å². The summed E-state index contributed by atoms with van der Waals surface area (Å²) < 4.78 is 22.9. The molecule has 0 saturated carbocycles. The van der Waals surface area contributed by atoms with Gasteiger partial charge >= 0.3 is 0 Å². The van der Waals surface area contributed by atoms with Crippen LogP contribution in [0.25, 0.3) is 0 Å². The minimum absolute atomic E-state index is 0.118. The molecule has 1 aliphatic heterocycles. The van der Waals surface area contributed by atoms with Gasteiger partial charge in [-0.2, -0.15) is 0 Å². The third kappa shape index (κ3) is 6.79. The first-order valence-corrected chi connectivity index (χ1v) is 11.2. The zero-order valence-electron chi connectivity index (χ0n) is 19.6. The molecular formula is C25H35N3O4. The summed E-state index contributed by atoms with van der Waals surface area (Å²) in [7, 11) is 3.42. The second-order valence-corrected chi connectivity index (χ2v) is 7.83. The van der Waals surface area contributed by atoms with Gasteiger partial charge in [0.1, 0.15) is 11.9 Å². The highest BCUT2D eigenvalue weighted by Gasteiger charge is 2.19. The zero-order valence-corrected chi connectivity index (χ0v) is 19.6. The van der Waals surface area contributed by atoms with E-state index in [9.17, 15) is 0 Å². The van der Waals surface area contributed by atoms with Crippen molar-refractivity contribution in [2.45, 2.75) is 45.9 Å². The minimum atomic E-state index is 0.118. The number of nitrogens with one attached hydrogen (secondary N) is 2. The first-order chi connectivity index (χ1) is 15.6. The molecule has 7 nitrogen and oxygen atoms in total. The highest BCUT2D eigenvalue weighted by Crippen LogP contribution is 2.28. The number of aryl methyl sites for hydroxylation is 1. The monoisotopic (exact) mass is 441 g/mol. The number of hydrogen-bond donors (Lipinski definition) is 2. The minimum Gasteiger partial charge on any atom is -0.493 e. The van der Waals surface area contributed by atoms with Crippen molar-refractivity contribution >= 4 is 5.96 Å². The molecule has 1 atom stereocenters. The van der Waals surface area contributed by atoms with Crippen LogP contribution in [-0.4, -0.2) is 46.0 Å². The van der Waals surface area contributed by atoms with Crippen LogP contribution >= 0.6 is 0 Å². The molecule has 0 radical (unpaired) electrons. The third-order valence-corrected chi connectivity index (χ3v) is 5.22. The van der Waals surface area contributed by atoms with Gasteiger partial charge in [0.2, 0.25) is 0 Å². The van der Waals surface area contributed by atoms with Gasteiger partial charge in [0, 0.05) is 32.1 Å². The molecule has 0 aliphatic carbocycles. The van der Waals surface area contributed by atoms with E-state index in [1.165, 1.54) is 5.56 Å². The predicted molar refractivity (Wildman–Crippen MR) is 127 cm³/mol. The fourth-order valence-electron chi connectivity index (χ4n) is 3.44. The quantitative estimate of drug-likeness (QED) is 0.431. The number of methoxy groups -OCH3 is 1. The molecule has 0 spiro atoms. The molecule has 7 heteroatoms. The molecule has 0 bridgehead atoms. The summed E-state index contributed by atoms with van der Waals surface area (Å²) in [4.78, 5) is 4.35. The second-order valence-electron chi connectivity index (χ2n) is 7.83. The lowest BCUT2D eigenvalue weighted by atomic mass is 10.1. The first kappa shape index (κ1) is 23.7. The van der Waals surface area contributed by atoms with Gasteiger partial charge in [-0.25, -0.2) is 0 Å². The molecular weight excluding hydrogens is 406 g/mol. The predicted octanol–water partition coefficient (Wildman–Crippen LogP) is 3.83. The second kappa shape index (κ2) is 12.2. The van der Waals surface area contributed by atoms with Crippen molar-refractivity contribution in [1.29, 1.82) is 0 Å². The molecule has 1 saturated heterocycles. The Morgan fingerprint density at radius 2 is 1.94 bits per heavy atom. The molecule has 1 aliphatic rings. The third-order valence-electron chi connectivity index (χ3n) is 5.22. The van der Waals surface area contributed by atoms with E-state index in [4.69, 9.17) is 18.9 Å². The number of rotatable bonds is 10. The number of hydrogen-bond acceptors (Lipinski definition) is 5. The van der Waals surface area contributed by atoms with Gasteiger partial charge in [-0.1, -0.05) is 25.1 Å². The van der Waals surface area contributed by atoms with Crippen LogP contribution < -0.4 is 24.8 Å². The van der Waals surface area contributed by atoms with Crippen LogP contribution in [0.15, 0.2) is 41.4 Å². The zero-order chi connectivity index (χ0) is 22.8. The van der Waals surface area contributed by atoms with Crippen molar-refractivity contribution in [3.8, 4) is 17.2 Å². The number of nitrogens with zero attached hydrogens (tertiary/aromatic N) is 1. The van der Waals surface area contributed by atoms with Crippen LogP contribution in [0, 0.1) is 6.92 Å². The number of aliphatic imine (C=N–C) groups is 1. The lowest BCUT2D eigenvalue weighted by Crippen LogP contribution is -2.36. The van der Waals surface area contributed by atoms with E-state index in [1.54, 1.807) is 14.2 Å². The Morgan fingerprint density at radius 3 is 2.66 bits per heavy atom. The van der Waals surface area contributed by atoms with E-state index in [-0.39, 0.29) is 6.10 Å². The normalized spacial score (nSPS) is 16.0. The Kier molecular flexibility index (Phi) is 9.04. The smallest absolute Gasteiger partial charge is 0.191 e. The van der Waals surface area contributed by atoms with Gasteiger partial charge in [0.05, 0.1) is 26.9 Å². The fraction of sp³-hybridized carbons (Fsp3) is 0.480.